The highest BCUT2D eigenvalue weighted by molar-refractivity contribution is 9.09. The molecule has 0 aromatic rings. The quantitative estimate of drug-likeness (QED) is 0.401. The molecule has 0 bridgehead atoms. The molecule has 0 unspecified atom stereocenters. The molecule has 0 N–H and O–H groups in total. The van der Waals surface area contributed by atoms with Gasteiger partial charge in [0.15, 0.2) is 0 Å². The van der Waals surface area contributed by atoms with E-state index in [1.807, 2.05) is 13.0 Å². The normalized spacial score (nSPS) is 11.3. The predicted octanol–water partition coefficient (Wildman–Crippen LogP) is 1.89. The predicted molar refractivity (Wildman–Crippen MR) is 44.2 cm³/mol. The van der Waals surface area contributed by atoms with Crippen molar-refractivity contribution >= 4 is 21.9 Å². The van der Waals surface area contributed by atoms with E-state index < -0.39 is 0 Å². The van der Waals surface area contributed by atoms with E-state index in [2.05, 4.69) is 20.7 Å². The number of alkyl halides is 1. The van der Waals surface area contributed by atoms with Crippen LogP contribution in [0.3, 0.4) is 0 Å². The van der Waals surface area contributed by atoms with Crippen LogP contribution < -0.4 is 0 Å². The lowest BCUT2D eigenvalue weighted by molar-refractivity contribution is -0.135. The summed E-state index contributed by atoms with van der Waals surface area (Å²) in [4.78, 5) is 10.8. The van der Waals surface area contributed by atoms with Crippen LogP contribution in [0.15, 0.2) is 11.6 Å². The van der Waals surface area contributed by atoms with Gasteiger partial charge in [-0.25, -0.2) is 4.79 Å². The Morgan fingerprint density at radius 1 is 1.70 bits per heavy atom. The van der Waals surface area contributed by atoms with Crippen molar-refractivity contribution in [3.8, 4) is 0 Å². The molecule has 0 radical (unpaired) electrons. The third-order valence-corrected chi connectivity index (χ3v) is 1.65. The van der Waals surface area contributed by atoms with E-state index in [-0.39, 0.29) is 5.97 Å². The van der Waals surface area contributed by atoms with Gasteiger partial charge in [-0.15, -0.1) is 0 Å². The molecule has 0 aromatic heterocycles. The topological polar surface area (TPSA) is 26.3 Å². The fourth-order valence-electron chi connectivity index (χ4n) is 0.570. The minimum Gasteiger partial charge on any atom is -0.466 e. The van der Waals surface area contributed by atoms with Gasteiger partial charge < -0.3 is 4.74 Å². The van der Waals surface area contributed by atoms with E-state index in [1.54, 1.807) is 0 Å². The van der Waals surface area contributed by atoms with Crippen LogP contribution in [0.5, 0.6) is 0 Å². The molecule has 2 nitrogen and oxygen atoms in total. The van der Waals surface area contributed by atoms with Gasteiger partial charge in [-0.3, -0.25) is 0 Å². The first-order valence-corrected chi connectivity index (χ1v) is 4.21. The zero-order chi connectivity index (χ0) is 7.98. The summed E-state index contributed by atoms with van der Waals surface area (Å²) in [6.45, 7) is 1.98. The number of halogens is 1. The molecule has 0 fully saturated rings. The second-order valence-corrected chi connectivity index (χ2v) is 2.32. The molecule has 0 aliphatic heterocycles. The van der Waals surface area contributed by atoms with Crippen LogP contribution in [-0.2, 0) is 9.53 Å². The molecule has 0 saturated carbocycles. The Labute approximate surface area is 69.4 Å². The summed E-state index contributed by atoms with van der Waals surface area (Å²) in [5.74, 6) is -0.251. The van der Waals surface area contributed by atoms with E-state index in [9.17, 15) is 4.79 Å². The summed E-state index contributed by atoms with van der Waals surface area (Å²) in [5.41, 5.74) is 0.685. The van der Waals surface area contributed by atoms with Gasteiger partial charge in [0.2, 0.25) is 0 Å². The Morgan fingerprint density at radius 3 is 2.60 bits per heavy atom. The minimum absolute atomic E-state index is 0.251. The lowest BCUT2D eigenvalue weighted by Crippen LogP contribution is -2.05. The highest BCUT2D eigenvalue weighted by Gasteiger charge is 2.05. The molecule has 0 saturated heterocycles. The minimum atomic E-state index is -0.251. The van der Waals surface area contributed by atoms with Crippen molar-refractivity contribution in [3.05, 3.63) is 11.6 Å². The molecule has 0 aromatic carbocycles. The third kappa shape index (κ3) is 3.01. The maximum atomic E-state index is 10.8. The lowest BCUT2D eigenvalue weighted by atomic mass is 10.2. The zero-order valence-electron chi connectivity index (χ0n) is 6.19. The Bertz CT molecular complexity index is 141. The number of carbonyl (C=O) groups is 1. The first kappa shape index (κ1) is 9.69. The molecule has 58 valence electrons. The van der Waals surface area contributed by atoms with Crippen molar-refractivity contribution in [1.82, 2.24) is 0 Å². The molecule has 0 aliphatic rings. The molecule has 0 heterocycles. The number of ether oxygens (including phenoxy) is 1. The molecule has 0 atom stereocenters. The molecule has 3 heteroatoms. The van der Waals surface area contributed by atoms with Gasteiger partial charge in [0, 0.05) is 10.9 Å². The molecular formula is C7H11BrO2. The highest BCUT2D eigenvalue weighted by atomic mass is 79.9. The van der Waals surface area contributed by atoms with E-state index in [0.717, 1.165) is 6.42 Å². The van der Waals surface area contributed by atoms with Crippen LogP contribution >= 0.6 is 15.9 Å². The van der Waals surface area contributed by atoms with Crippen molar-refractivity contribution in [1.29, 1.82) is 0 Å². The number of carbonyl (C=O) groups excluding carboxylic acids is 1. The van der Waals surface area contributed by atoms with Gasteiger partial charge in [-0.2, -0.15) is 0 Å². The van der Waals surface area contributed by atoms with Crippen molar-refractivity contribution in [2.24, 2.45) is 0 Å². The van der Waals surface area contributed by atoms with Gasteiger partial charge in [0.05, 0.1) is 7.11 Å². The zero-order valence-corrected chi connectivity index (χ0v) is 7.77. The number of allylic oxidation sites excluding steroid dienone is 1. The van der Waals surface area contributed by atoms with Crippen LogP contribution in [0.1, 0.15) is 13.3 Å². The van der Waals surface area contributed by atoms with E-state index in [1.165, 1.54) is 7.11 Å². The maximum Gasteiger partial charge on any atom is 0.334 e. The summed E-state index contributed by atoms with van der Waals surface area (Å²) in [6.07, 6.45) is 2.70. The highest BCUT2D eigenvalue weighted by Crippen LogP contribution is 2.02. The standard InChI is InChI=1S/C7H11BrO2/c1-3-4-6(5-8)7(9)10-2/h4H,3,5H2,1-2H3/b6-4+. The second-order valence-electron chi connectivity index (χ2n) is 1.76. The molecule has 10 heavy (non-hydrogen) atoms. The van der Waals surface area contributed by atoms with Crippen molar-refractivity contribution < 1.29 is 9.53 Å². The van der Waals surface area contributed by atoms with E-state index in [4.69, 9.17) is 0 Å². The summed E-state index contributed by atoms with van der Waals surface area (Å²) < 4.78 is 4.52. The maximum absolute atomic E-state index is 10.8. The van der Waals surface area contributed by atoms with E-state index in [0.29, 0.717) is 10.9 Å². The van der Waals surface area contributed by atoms with Gasteiger partial charge >= 0.3 is 5.97 Å². The monoisotopic (exact) mass is 206 g/mol. The Balaban J connectivity index is 4.06. The number of hydrogen-bond acceptors (Lipinski definition) is 2. The van der Waals surface area contributed by atoms with Crippen molar-refractivity contribution in [2.75, 3.05) is 12.4 Å². The van der Waals surface area contributed by atoms with E-state index >= 15 is 0 Å². The summed E-state index contributed by atoms with van der Waals surface area (Å²) in [5, 5.41) is 0.563. The van der Waals surface area contributed by atoms with Gasteiger partial charge in [-0.05, 0) is 6.42 Å². The fraction of sp³-hybridized carbons (Fsp3) is 0.571. The largest absolute Gasteiger partial charge is 0.466 e. The van der Waals surface area contributed by atoms with Crippen LogP contribution in [0.2, 0.25) is 0 Å². The van der Waals surface area contributed by atoms with Crippen LogP contribution in [0.4, 0.5) is 0 Å². The first-order valence-electron chi connectivity index (χ1n) is 3.09. The first-order chi connectivity index (χ1) is 4.76. The van der Waals surface area contributed by atoms with Gasteiger partial charge in [0.1, 0.15) is 0 Å². The summed E-state index contributed by atoms with van der Waals surface area (Å²) >= 11 is 3.19. The second kappa shape index (κ2) is 5.47. The Morgan fingerprint density at radius 2 is 2.30 bits per heavy atom. The summed E-state index contributed by atoms with van der Waals surface area (Å²) in [6, 6.07) is 0. The Kier molecular flexibility index (Phi) is 5.30. The lowest BCUT2D eigenvalue weighted by Gasteiger charge is -1.98. The van der Waals surface area contributed by atoms with Crippen LogP contribution in [0.25, 0.3) is 0 Å². The van der Waals surface area contributed by atoms with Gasteiger partial charge in [0.25, 0.3) is 0 Å². The molecular weight excluding hydrogens is 196 g/mol. The number of esters is 1. The number of rotatable bonds is 3. The van der Waals surface area contributed by atoms with Crippen LogP contribution in [0, 0.1) is 0 Å². The number of hydrogen-bond donors (Lipinski definition) is 0. The van der Waals surface area contributed by atoms with Crippen molar-refractivity contribution in [3.63, 3.8) is 0 Å². The SMILES string of the molecule is CC/C=C(\CBr)C(=O)OC. The molecule has 0 spiro atoms. The number of methoxy groups -OCH3 is 1. The van der Waals surface area contributed by atoms with Crippen LogP contribution in [-0.4, -0.2) is 18.4 Å². The smallest absolute Gasteiger partial charge is 0.334 e. The summed E-state index contributed by atoms with van der Waals surface area (Å²) in [7, 11) is 1.38. The Hall–Kier alpha value is -0.310. The van der Waals surface area contributed by atoms with Gasteiger partial charge in [-0.1, -0.05) is 28.9 Å². The fourth-order valence-corrected chi connectivity index (χ4v) is 1.03. The molecule has 0 rings (SSSR count). The molecule has 0 aliphatic carbocycles. The molecule has 0 amide bonds. The average Bonchev–Trinajstić information content (AvgIpc) is 1.99. The third-order valence-electron chi connectivity index (χ3n) is 1.04. The average molecular weight is 207 g/mol. The van der Waals surface area contributed by atoms with Crippen molar-refractivity contribution in [2.45, 2.75) is 13.3 Å².